The van der Waals surface area contributed by atoms with Crippen molar-refractivity contribution in [3.05, 3.63) is 20.8 Å². The molecular formula is C13H18BrNO3S. The van der Waals surface area contributed by atoms with E-state index in [0.29, 0.717) is 19.5 Å². The first kappa shape index (κ1) is 14.8. The third-order valence-corrected chi connectivity index (χ3v) is 4.73. The number of carbonyl (C=O) groups excluding carboxylic acids is 1. The summed E-state index contributed by atoms with van der Waals surface area (Å²) >= 11 is 5.05. The van der Waals surface area contributed by atoms with Gasteiger partial charge in [0.25, 0.3) is 0 Å². The lowest BCUT2D eigenvalue weighted by atomic mass is 9.90. The number of β-amino-alcohol motifs (C(OH)–C–C–N with tert-alkyl or cyclic N) is 1. The van der Waals surface area contributed by atoms with E-state index in [1.54, 1.807) is 11.3 Å². The smallest absolute Gasteiger partial charge is 0.410 e. The first-order valence-corrected chi connectivity index (χ1v) is 7.78. The second kappa shape index (κ2) is 5.07. The lowest BCUT2D eigenvalue weighted by molar-refractivity contribution is -0.0970. The molecule has 19 heavy (non-hydrogen) atoms. The zero-order valence-electron chi connectivity index (χ0n) is 11.3. The van der Waals surface area contributed by atoms with Crippen LogP contribution >= 0.6 is 27.3 Å². The van der Waals surface area contributed by atoms with E-state index in [1.807, 2.05) is 32.2 Å². The number of ether oxygens (including phenoxy) is 1. The zero-order valence-corrected chi connectivity index (χ0v) is 13.7. The Labute approximate surface area is 125 Å². The normalized spacial score (nSPS) is 18.1. The fraction of sp³-hybridized carbons (Fsp3) is 0.615. The number of carbonyl (C=O) groups is 1. The molecule has 0 aliphatic carbocycles. The minimum Gasteiger partial charge on any atom is -0.444 e. The van der Waals surface area contributed by atoms with Gasteiger partial charge in [-0.3, -0.25) is 0 Å². The summed E-state index contributed by atoms with van der Waals surface area (Å²) in [6.45, 7) is 6.15. The van der Waals surface area contributed by atoms with Crippen LogP contribution in [0, 0.1) is 0 Å². The van der Waals surface area contributed by atoms with Gasteiger partial charge in [0.2, 0.25) is 0 Å². The third kappa shape index (κ3) is 3.70. The van der Waals surface area contributed by atoms with E-state index in [0.717, 1.165) is 9.35 Å². The first-order valence-electron chi connectivity index (χ1n) is 6.11. The standard InChI is InChI=1S/C13H18BrNO3S/c1-12(2,3)18-11(16)15-7-13(17,8-15)6-10-9(14)4-5-19-10/h4-5,17H,6-8H2,1-3H3. The summed E-state index contributed by atoms with van der Waals surface area (Å²) in [5, 5.41) is 12.3. The number of halogens is 1. The average Bonchev–Trinajstić information content (AvgIpc) is 2.58. The molecule has 0 bridgehead atoms. The minimum absolute atomic E-state index is 0.326. The van der Waals surface area contributed by atoms with Crippen molar-refractivity contribution in [3.8, 4) is 0 Å². The summed E-state index contributed by atoms with van der Waals surface area (Å²) in [7, 11) is 0. The fourth-order valence-corrected chi connectivity index (χ4v) is 3.61. The van der Waals surface area contributed by atoms with Gasteiger partial charge in [0, 0.05) is 15.8 Å². The Morgan fingerprint density at radius 3 is 2.68 bits per heavy atom. The van der Waals surface area contributed by atoms with Crippen LogP contribution in [0.15, 0.2) is 15.9 Å². The highest BCUT2D eigenvalue weighted by Gasteiger charge is 2.45. The fourth-order valence-electron chi connectivity index (χ4n) is 1.98. The van der Waals surface area contributed by atoms with E-state index in [2.05, 4.69) is 15.9 Å². The Morgan fingerprint density at radius 2 is 2.21 bits per heavy atom. The number of nitrogens with zero attached hydrogens (tertiary/aromatic N) is 1. The van der Waals surface area contributed by atoms with Crippen molar-refractivity contribution in [2.45, 2.75) is 38.4 Å². The lowest BCUT2D eigenvalue weighted by Crippen LogP contribution is -2.65. The second-order valence-corrected chi connectivity index (χ2v) is 7.78. The van der Waals surface area contributed by atoms with Crippen molar-refractivity contribution < 1.29 is 14.6 Å². The van der Waals surface area contributed by atoms with Crippen molar-refractivity contribution >= 4 is 33.4 Å². The van der Waals surface area contributed by atoms with Gasteiger partial charge in [-0.25, -0.2) is 4.79 Å². The number of hydrogen-bond donors (Lipinski definition) is 1. The van der Waals surface area contributed by atoms with Gasteiger partial charge >= 0.3 is 6.09 Å². The molecule has 0 spiro atoms. The summed E-state index contributed by atoms with van der Waals surface area (Å²) < 4.78 is 6.28. The lowest BCUT2D eigenvalue weighted by Gasteiger charge is -2.46. The average molecular weight is 348 g/mol. The molecule has 106 valence electrons. The molecule has 1 fully saturated rings. The highest BCUT2D eigenvalue weighted by atomic mass is 79.9. The van der Waals surface area contributed by atoms with Crippen LogP contribution in [0.4, 0.5) is 4.79 Å². The Morgan fingerprint density at radius 1 is 1.58 bits per heavy atom. The predicted octanol–water partition coefficient (Wildman–Crippen LogP) is 3.03. The van der Waals surface area contributed by atoms with E-state index in [9.17, 15) is 9.90 Å². The van der Waals surface area contributed by atoms with E-state index in [-0.39, 0.29) is 6.09 Å². The van der Waals surface area contributed by atoms with E-state index in [4.69, 9.17) is 4.74 Å². The number of hydrogen-bond acceptors (Lipinski definition) is 4. The van der Waals surface area contributed by atoms with Gasteiger partial charge in [0.1, 0.15) is 11.2 Å². The number of amides is 1. The molecule has 0 unspecified atom stereocenters. The molecule has 1 aromatic heterocycles. The van der Waals surface area contributed by atoms with Crippen LogP contribution in [0.25, 0.3) is 0 Å². The van der Waals surface area contributed by atoms with Gasteiger partial charge in [0.15, 0.2) is 0 Å². The molecule has 4 nitrogen and oxygen atoms in total. The van der Waals surface area contributed by atoms with Gasteiger partial charge in [-0.2, -0.15) is 0 Å². The van der Waals surface area contributed by atoms with Crippen LogP contribution in [0.1, 0.15) is 25.6 Å². The molecule has 1 N–H and O–H groups in total. The molecule has 1 aliphatic rings. The van der Waals surface area contributed by atoms with Crippen LogP contribution < -0.4 is 0 Å². The first-order chi connectivity index (χ1) is 8.69. The number of aliphatic hydroxyl groups is 1. The molecule has 0 atom stereocenters. The molecule has 2 heterocycles. The van der Waals surface area contributed by atoms with Crippen LogP contribution in [-0.2, 0) is 11.2 Å². The maximum Gasteiger partial charge on any atom is 0.410 e. The van der Waals surface area contributed by atoms with Gasteiger partial charge < -0.3 is 14.7 Å². The largest absolute Gasteiger partial charge is 0.444 e. The monoisotopic (exact) mass is 347 g/mol. The van der Waals surface area contributed by atoms with Crippen LogP contribution in [0.3, 0.4) is 0 Å². The van der Waals surface area contributed by atoms with E-state index >= 15 is 0 Å². The summed E-state index contributed by atoms with van der Waals surface area (Å²) in [5.74, 6) is 0. The molecule has 1 aromatic rings. The van der Waals surface area contributed by atoms with E-state index in [1.165, 1.54) is 4.90 Å². The van der Waals surface area contributed by atoms with Crippen LogP contribution in [0.5, 0.6) is 0 Å². The van der Waals surface area contributed by atoms with Crippen molar-refractivity contribution in [1.82, 2.24) is 4.90 Å². The zero-order chi connectivity index (χ0) is 14.3. The molecule has 0 aromatic carbocycles. The van der Waals surface area contributed by atoms with Gasteiger partial charge in [-0.1, -0.05) is 0 Å². The number of thiophene rings is 1. The molecule has 1 saturated heterocycles. The minimum atomic E-state index is -0.829. The third-order valence-electron chi connectivity index (χ3n) is 2.80. The SMILES string of the molecule is CC(C)(C)OC(=O)N1CC(O)(Cc2sccc2Br)C1. The Hall–Kier alpha value is -0.590. The van der Waals surface area contributed by atoms with Crippen molar-refractivity contribution in [2.75, 3.05) is 13.1 Å². The van der Waals surface area contributed by atoms with E-state index < -0.39 is 11.2 Å². The van der Waals surface area contributed by atoms with Crippen molar-refractivity contribution in [3.63, 3.8) is 0 Å². The number of likely N-dealkylation sites (tertiary alicyclic amines) is 1. The van der Waals surface area contributed by atoms with Crippen LogP contribution in [0.2, 0.25) is 0 Å². The maximum absolute atomic E-state index is 11.8. The van der Waals surface area contributed by atoms with Crippen molar-refractivity contribution in [1.29, 1.82) is 0 Å². The molecule has 0 saturated carbocycles. The Bertz CT molecular complexity index is 474. The van der Waals surface area contributed by atoms with Gasteiger partial charge in [-0.15, -0.1) is 11.3 Å². The summed E-state index contributed by atoms with van der Waals surface area (Å²) in [4.78, 5) is 14.4. The highest BCUT2D eigenvalue weighted by molar-refractivity contribution is 9.10. The maximum atomic E-state index is 11.8. The Kier molecular flexibility index (Phi) is 3.95. The van der Waals surface area contributed by atoms with Gasteiger partial charge in [-0.05, 0) is 48.1 Å². The summed E-state index contributed by atoms with van der Waals surface area (Å²) in [6.07, 6.45) is 0.201. The summed E-state index contributed by atoms with van der Waals surface area (Å²) in [6, 6.07) is 1.97. The molecule has 6 heteroatoms. The topological polar surface area (TPSA) is 49.8 Å². The van der Waals surface area contributed by atoms with Crippen LogP contribution in [-0.4, -0.2) is 40.4 Å². The predicted molar refractivity (Wildman–Crippen MR) is 78.5 cm³/mol. The molecule has 1 amide bonds. The molecular weight excluding hydrogens is 330 g/mol. The molecule has 2 rings (SSSR count). The molecule has 1 aliphatic heterocycles. The Balaban J connectivity index is 1.88. The summed E-state index contributed by atoms with van der Waals surface area (Å²) in [5.41, 5.74) is -1.33. The molecule has 0 radical (unpaired) electrons. The second-order valence-electron chi connectivity index (χ2n) is 5.93. The van der Waals surface area contributed by atoms with Gasteiger partial charge in [0.05, 0.1) is 13.1 Å². The quantitative estimate of drug-likeness (QED) is 0.894. The van der Waals surface area contributed by atoms with Crippen molar-refractivity contribution in [2.24, 2.45) is 0 Å². The highest BCUT2D eigenvalue weighted by Crippen LogP contribution is 2.32. The number of rotatable bonds is 2.